The van der Waals surface area contributed by atoms with Crippen molar-refractivity contribution in [2.24, 2.45) is 0 Å². The molecule has 0 fully saturated rings. The maximum Gasteiger partial charge on any atom is 0.338 e. The van der Waals surface area contributed by atoms with Gasteiger partial charge in [0.1, 0.15) is 5.88 Å². The van der Waals surface area contributed by atoms with Gasteiger partial charge in [-0.1, -0.05) is 6.58 Å². The van der Waals surface area contributed by atoms with Crippen molar-refractivity contribution in [3.05, 3.63) is 25.0 Å². The lowest BCUT2D eigenvalue weighted by molar-refractivity contribution is -0.150. The Bertz CT molecular complexity index is 265. The molecular weight excluding hydrogens is 212 g/mol. The summed E-state index contributed by atoms with van der Waals surface area (Å²) in [5.74, 6) is -1.75. The number of cyclic esters (lactones) is 2. The summed E-state index contributed by atoms with van der Waals surface area (Å²) in [6.45, 7) is 3.15. The van der Waals surface area contributed by atoms with Crippen molar-refractivity contribution < 1.29 is 23.9 Å². The minimum Gasteiger partial charge on any atom is -0.434 e. The van der Waals surface area contributed by atoms with Crippen LogP contribution in [-0.2, 0) is 23.9 Å². The summed E-state index contributed by atoms with van der Waals surface area (Å²) in [4.78, 5) is 29.8. The van der Waals surface area contributed by atoms with Gasteiger partial charge < -0.3 is 9.47 Å². The molecule has 14 heavy (non-hydrogen) atoms. The molecule has 0 aromatic rings. The van der Waals surface area contributed by atoms with Crippen molar-refractivity contribution in [3.63, 3.8) is 0 Å². The van der Waals surface area contributed by atoms with Crippen LogP contribution in [0.2, 0.25) is 0 Å². The Morgan fingerprint density at radius 2 is 2.00 bits per heavy atom. The Balaban J connectivity index is 0.000000241. The van der Waals surface area contributed by atoms with Crippen LogP contribution in [0.5, 0.6) is 0 Å². The molecule has 0 saturated heterocycles. The van der Waals surface area contributed by atoms with Crippen LogP contribution < -0.4 is 0 Å². The van der Waals surface area contributed by atoms with E-state index in [-0.39, 0.29) is 5.88 Å². The number of alkyl halides is 1. The molecule has 0 aromatic heterocycles. The number of hydrogen-bond donors (Lipinski definition) is 0. The highest BCUT2D eigenvalue weighted by Gasteiger charge is 2.10. The summed E-state index contributed by atoms with van der Waals surface area (Å²) in [7, 11) is 0. The molecule has 1 aliphatic heterocycles. The van der Waals surface area contributed by atoms with Gasteiger partial charge in [-0.25, -0.2) is 9.59 Å². The monoisotopic (exact) mass is 218 g/mol. The first-order valence-corrected chi connectivity index (χ1v) is 3.93. The van der Waals surface area contributed by atoms with E-state index in [1.807, 2.05) is 0 Å². The van der Waals surface area contributed by atoms with Gasteiger partial charge >= 0.3 is 17.9 Å². The minimum absolute atomic E-state index is 0.119. The number of esters is 3. The first kappa shape index (κ1) is 12.4. The van der Waals surface area contributed by atoms with E-state index >= 15 is 0 Å². The fourth-order valence-corrected chi connectivity index (χ4v) is 0.491. The van der Waals surface area contributed by atoms with E-state index in [9.17, 15) is 14.4 Å². The van der Waals surface area contributed by atoms with Crippen molar-refractivity contribution in [3.8, 4) is 0 Å². The maximum atomic E-state index is 9.99. The number of carbonyl (C=O) groups excluding carboxylic acids is 3. The van der Waals surface area contributed by atoms with Gasteiger partial charge in [0.15, 0.2) is 0 Å². The number of halogens is 1. The lowest BCUT2D eigenvalue weighted by Gasteiger charge is -1.87. The van der Waals surface area contributed by atoms with E-state index < -0.39 is 17.9 Å². The molecule has 1 heterocycles. The number of carbonyl (C=O) groups is 3. The molecule has 0 aliphatic carbocycles. The fourth-order valence-electron chi connectivity index (χ4n) is 0.428. The zero-order valence-electron chi connectivity index (χ0n) is 7.07. The van der Waals surface area contributed by atoms with Crippen LogP contribution in [0.4, 0.5) is 0 Å². The van der Waals surface area contributed by atoms with Crippen molar-refractivity contribution in [1.29, 1.82) is 0 Å². The van der Waals surface area contributed by atoms with Crippen LogP contribution >= 0.6 is 11.6 Å². The van der Waals surface area contributed by atoms with E-state index in [0.29, 0.717) is 0 Å². The third-order valence-electron chi connectivity index (χ3n) is 0.881. The van der Waals surface area contributed by atoms with Gasteiger partial charge in [0.2, 0.25) is 0 Å². The first-order chi connectivity index (χ1) is 6.60. The molecule has 0 atom stereocenters. The molecule has 0 bridgehead atoms. The highest BCUT2D eigenvalue weighted by Crippen LogP contribution is 1.92. The average molecular weight is 219 g/mol. The molecule has 0 amide bonds. The number of ether oxygens (including phenoxy) is 2. The van der Waals surface area contributed by atoms with Crippen LogP contribution in [0.15, 0.2) is 25.0 Å². The second-order valence-electron chi connectivity index (χ2n) is 1.86. The zero-order chi connectivity index (χ0) is 11.0. The van der Waals surface area contributed by atoms with E-state index in [1.165, 1.54) is 0 Å². The van der Waals surface area contributed by atoms with Gasteiger partial charge in [-0.05, 0) is 0 Å². The van der Waals surface area contributed by atoms with Crippen LogP contribution in [-0.4, -0.2) is 23.8 Å². The molecule has 0 unspecified atom stereocenters. The van der Waals surface area contributed by atoms with E-state index in [4.69, 9.17) is 11.6 Å². The second-order valence-corrected chi connectivity index (χ2v) is 2.13. The molecule has 0 N–H and O–H groups in total. The van der Waals surface area contributed by atoms with Gasteiger partial charge in [0.25, 0.3) is 0 Å². The van der Waals surface area contributed by atoms with Gasteiger partial charge in [-0.15, -0.1) is 11.6 Å². The maximum absolute atomic E-state index is 9.99. The molecule has 1 aliphatic rings. The number of hydrogen-bond acceptors (Lipinski definition) is 5. The van der Waals surface area contributed by atoms with E-state index in [2.05, 4.69) is 16.1 Å². The van der Waals surface area contributed by atoms with Crippen LogP contribution in [0.25, 0.3) is 0 Å². The third kappa shape index (κ3) is 5.96. The topological polar surface area (TPSA) is 69.7 Å². The van der Waals surface area contributed by atoms with Crippen molar-refractivity contribution in [2.45, 2.75) is 0 Å². The molecular formula is C8H7ClO5. The summed E-state index contributed by atoms with van der Waals surface area (Å²) in [5.41, 5.74) is 0. The van der Waals surface area contributed by atoms with Gasteiger partial charge in [-0.2, -0.15) is 0 Å². The standard InChI is InChI=1S/C4H5ClO2.C4H2O3/c1-2-7-4(6)3-5;5-3-1-2-4(6)7-3/h2H,1,3H2;1-2H. The van der Waals surface area contributed by atoms with E-state index in [1.54, 1.807) is 0 Å². The van der Waals surface area contributed by atoms with Crippen LogP contribution in [0.1, 0.15) is 0 Å². The molecule has 0 radical (unpaired) electrons. The minimum atomic E-state index is -0.579. The molecule has 0 spiro atoms. The summed E-state index contributed by atoms with van der Waals surface area (Å²) in [5, 5.41) is 0. The van der Waals surface area contributed by atoms with Gasteiger partial charge in [0.05, 0.1) is 6.26 Å². The average Bonchev–Trinajstić information content (AvgIpc) is 2.51. The Labute approximate surface area is 84.9 Å². The summed E-state index contributed by atoms with van der Waals surface area (Å²) < 4.78 is 8.16. The highest BCUT2D eigenvalue weighted by atomic mass is 35.5. The fraction of sp³-hybridized carbons (Fsp3) is 0.125. The molecule has 0 saturated carbocycles. The SMILES string of the molecule is C=COC(=O)CCl.O=C1C=CC(=O)O1. The van der Waals surface area contributed by atoms with Crippen LogP contribution in [0.3, 0.4) is 0 Å². The molecule has 5 nitrogen and oxygen atoms in total. The number of rotatable bonds is 2. The van der Waals surface area contributed by atoms with E-state index in [0.717, 1.165) is 18.4 Å². The Hall–Kier alpha value is -1.62. The molecule has 1 rings (SSSR count). The van der Waals surface area contributed by atoms with Crippen molar-refractivity contribution in [2.75, 3.05) is 5.88 Å². The predicted molar refractivity (Wildman–Crippen MR) is 47.2 cm³/mol. The van der Waals surface area contributed by atoms with Gasteiger partial charge in [0, 0.05) is 12.2 Å². The quantitative estimate of drug-likeness (QED) is 0.293. The van der Waals surface area contributed by atoms with Gasteiger partial charge in [-0.3, -0.25) is 4.79 Å². The van der Waals surface area contributed by atoms with Crippen molar-refractivity contribution in [1.82, 2.24) is 0 Å². The Morgan fingerprint density at radius 3 is 2.14 bits per heavy atom. The van der Waals surface area contributed by atoms with Crippen LogP contribution in [0, 0.1) is 0 Å². The highest BCUT2D eigenvalue weighted by molar-refractivity contribution is 6.26. The molecule has 0 aromatic carbocycles. The largest absolute Gasteiger partial charge is 0.434 e. The lowest BCUT2D eigenvalue weighted by atomic mass is 10.6. The Kier molecular flexibility index (Phi) is 6.06. The molecule has 6 heteroatoms. The van der Waals surface area contributed by atoms with Crippen molar-refractivity contribution >= 4 is 29.5 Å². The summed E-state index contributed by atoms with van der Waals surface area (Å²) in [6.07, 6.45) is 3.22. The smallest absolute Gasteiger partial charge is 0.338 e. The first-order valence-electron chi connectivity index (χ1n) is 3.40. The summed E-state index contributed by atoms with van der Waals surface area (Å²) >= 11 is 5.01. The second kappa shape index (κ2) is 6.85. The lowest BCUT2D eigenvalue weighted by Crippen LogP contribution is -1.98. The Morgan fingerprint density at radius 1 is 1.50 bits per heavy atom. The predicted octanol–water partition coefficient (Wildman–Crippen LogP) is 0.538. The third-order valence-corrected chi connectivity index (χ3v) is 1.10. The normalized spacial score (nSPS) is 12.6. The molecule has 76 valence electrons. The summed E-state index contributed by atoms with van der Waals surface area (Å²) in [6, 6.07) is 0. The zero-order valence-corrected chi connectivity index (χ0v) is 7.82.